The lowest BCUT2D eigenvalue weighted by Gasteiger charge is -2.05. The molecule has 0 aliphatic rings. The molecular formula is C20H15ClO4S. The van der Waals surface area contributed by atoms with Crippen molar-refractivity contribution in [3.05, 3.63) is 69.4 Å². The lowest BCUT2D eigenvalue weighted by molar-refractivity contribution is -0.142. The second kappa shape index (κ2) is 8.25. The SMILES string of the molecule is O=C(CCC(=O)c1ccc(Cl)s1)OCC(=O)c1ccc2ccccc2c1. The van der Waals surface area contributed by atoms with E-state index >= 15 is 0 Å². The monoisotopic (exact) mass is 386 g/mol. The third-order valence-corrected chi connectivity index (χ3v) is 5.11. The van der Waals surface area contributed by atoms with Crippen molar-refractivity contribution in [3.63, 3.8) is 0 Å². The largest absolute Gasteiger partial charge is 0.457 e. The number of rotatable bonds is 7. The van der Waals surface area contributed by atoms with Gasteiger partial charge >= 0.3 is 5.97 Å². The van der Waals surface area contributed by atoms with E-state index in [1.807, 2.05) is 30.3 Å². The van der Waals surface area contributed by atoms with Gasteiger partial charge in [-0.3, -0.25) is 14.4 Å². The van der Waals surface area contributed by atoms with Crippen LogP contribution in [0, 0.1) is 0 Å². The van der Waals surface area contributed by atoms with Crippen molar-refractivity contribution in [2.45, 2.75) is 12.8 Å². The highest BCUT2D eigenvalue weighted by molar-refractivity contribution is 7.18. The molecule has 0 fully saturated rings. The summed E-state index contributed by atoms with van der Waals surface area (Å²) in [7, 11) is 0. The first kappa shape index (κ1) is 18.3. The smallest absolute Gasteiger partial charge is 0.306 e. The standard InChI is InChI=1S/C20H15ClO4S/c21-19-9-8-18(26-19)16(22)7-10-20(24)25-12-17(23)15-6-5-13-3-1-2-4-14(13)11-15/h1-6,8-9,11H,7,10,12H2. The molecule has 0 amide bonds. The fourth-order valence-corrected chi connectivity index (χ4v) is 3.48. The van der Waals surface area contributed by atoms with E-state index in [0.717, 1.165) is 10.8 Å². The Morgan fingerprint density at radius 2 is 1.65 bits per heavy atom. The molecule has 0 aliphatic carbocycles. The Morgan fingerprint density at radius 1 is 0.885 bits per heavy atom. The van der Waals surface area contributed by atoms with E-state index in [-0.39, 0.29) is 31.0 Å². The average Bonchev–Trinajstić information content (AvgIpc) is 3.10. The van der Waals surface area contributed by atoms with Gasteiger partial charge in [-0.2, -0.15) is 0 Å². The highest BCUT2D eigenvalue weighted by Crippen LogP contribution is 2.23. The molecule has 0 N–H and O–H groups in total. The summed E-state index contributed by atoms with van der Waals surface area (Å²) in [4.78, 5) is 36.4. The molecule has 0 spiro atoms. The predicted molar refractivity (Wildman–Crippen MR) is 102 cm³/mol. The van der Waals surface area contributed by atoms with Crippen molar-refractivity contribution in [1.29, 1.82) is 0 Å². The second-order valence-electron chi connectivity index (χ2n) is 5.67. The number of Topliss-reactive ketones (excluding diaryl/α,β-unsaturated/α-hetero) is 2. The number of benzene rings is 2. The quantitative estimate of drug-likeness (QED) is 0.426. The van der Waals surface area contributed by atoms with Crippen LogP contribution in [-0.2, 0) is 9.53 Å². The molecule has 0 saturated carbocycles. The van der Waals surface area contributed by atoms with E-state index in [0.29, 0.717) is 14.8 Å². The van der Waals surface area contributed by atoms with Gasteiger partial charge in [0.25, 0.3) is 0 Å². The minimum atomic E-state index is -0.574. The summed E-state index contributed by atoms with van der Waals surface area (Å²) < 4.78 is 5.52. The minimum absolute atomic E-state index is 0.0276. The molecule has 3 aromatic rings. The third-order valence-electron chi connectivity index (χ3n) is 3.84. The summed E-state index contributed by atoms with van der Waals surface area (Å²) in [5.74, 6) is -1.02. The molecule has 0 bridgehead atoms. The fraction of sp³-hybridized carbons (Fsp3) is 0.150. The van der Waals surface area contributed by atoms with Gasteiger partial charge in [0.15, 0.2) is 18.2 Å². The number of carbonyl (C=O) groups excluding carboxylic acids is 3. The zero-order valence-electron chi connectivity index (χ0n) is 13.7. The molecular weight excluding hydrogens is 372 g/mol. The van der Waals surface area contributed by atoms with E-state index in [2.05, 4.69) is 0 Å². The van der Waals surface area contributed by atoms with Crippen molar-refractivity contribution in [2.75, 3.05) is 6.61 Å². The molecule has 0 aliphatic heterocycles. The summed E-state index contributed by atoms with van der Waals surface area (Å²) >= 11 is 6.96. The van der Waals surface area contributed by atoms with E-state index in [4.69, 9.17) is 16.3 Å². The van der Waals surface area contributed by atoms with Crippen molar-refractivity contribution < 1.29 is 19.1 Å². The van der Waals surface area contributed by atoms with Gasteiger partial charge in [-0.15, -0.1) is 11.3 Å². The molecule has 0 atom stereocenters. The number of ketones is 2. The number of fused-ring (bicyclic) bond motifs is 1. The lowest BCUT2D eigenvalue weighted by atomic mass is 10.0. The highest BCUT2D eigenvalue weighted by atomic mass is 35.5. The van der Waals surface area contributed by atoms with Gasteiger partial charge in [-0.05, 0) is 29.0 Å². The summed E-state index contributed by atoms with van der Waals surface area (Å²) in [5.41, 5.74) is 0.487. The first-order chi connectivity index (χ1) is 12.5. The molecule has 0 saturated heterocycles. The minimum Gasteiger partial charge on any atom is -0.457 e. The van der Waals surface area contributed by atoms with Crippen LogP contribution in [0.4, 0.5) is 0 Å². The molecule has 6 heteroatoms. The van der Waals surface area contributed by atoms with Crippen LogP contribution in [0.15, 0.2) is 54.6 Å². The van der Waals surface area contributed by atoms with Crippen LogP contribution in [-0.4, -0.2) is 24.1 Å². The van der Waals surface area contributed by atoms with Gasteiger partial charge in [-0.25, -0.2) is 0 Å². The van der Waals surface area contributed by atoms with E-state index in [9.17, 15) is 14.4 Å². The Hall–Kier alpha value is -2.50. The van der Waals surface area contributed by atoms with Gasteiger partial charge < -0.3 is 4.74 Å². The topological polar surface area (TPSA) is 60.4 Å². The molecule has 0 radical (unpaired) electrons. The first-order valence-electron chi connectivity index (χ1n) is 7.99. The third kappa shape index (κ3) is 4.56. The fourth-order valence-electron chi connectivity index (χ4n) is 2.47. The number of halogens is 1. The Bertz CT molecular complexity index is 977. The molecule has 0 unspecified atom stereocenters. The summed E-state index contributed by atoms with van der Waals surface area (Å²) in [6, 6.07) is 16.3. The number of esters is 1. The number of hydrogen-bond acceptors (Lipinski definition) is 5. The predicted octanol–water partition coefficient (Wildman–Crippen LogP) is 4.94. The normalized spacial score (nSPS) is 10.7. The maximum absolute atomic E-state index is 12.2. The van der Waals surface area contributed by atoms with Crippen LogP contribution in [0.5, 0.6) is 0 Å². The van der Waals surface area contributed by atoms with Gasteiger partial charge in [0.05, 0.1) is 15.6 Å². The van der Waals surface area contributed by atoms with Crippen LogP contribution in [0.25, 0.3) is 10.8 Å². The van der Waals surface area contributed by atoms with Crippen LogP contribution < -0.4 is 0 Å². The Kier molecular flexibility index (Phi) is 5.81. The highest BCUT2D eigenvalue weighted by Gasteiger charge is 2.14. The number of ether oxygens (including phenoxy) is 1. The van der Waals surface area contributed by atoms with E-state index in [1.54, 1.807) is 24.3 Å². The van der Waals surface area contributed by atoms with Crippen molar-refractivity contribution in [3.8, 4) is 0 Å². The number of carbonyl (C=O) groups is 3. The van der Waals surface area contributed by atoms with Crippen molar-refractivity contribution in [2.24, 2.45) is 0 Å². The van der Waals surface area contributed by atoms with E-state index in [1.165, 1.54) is 11.3 Å². The van der Waals surface area contributed by atoms with Gasteiger partial charge in [-0.1, -0.05) is 48.0 Å². The molecule has 26 heavy (non-hydrogen) atoms. The van der Waals surface area contributed by atoms with E-state index < -0.39 is 5.97 Å². The molecule has 2 aromatic carbocycles. The Balaban J connectivity index is 1.50. The molecule has 1 aromatic heterocycles. The average molecular weight is 387 g/mol. The molecule has 1 heterocycles. The summed E-state index contributed by atoms with van der Waals surface area (Å²) in [6.45, 7) is -0.337. The van der Waals surface area contributed by atoms with Crippen LogP contribution >= 0.6 is 22.9 Å². The van der Waals surface area contributed by atoms with Gasteiger partial charge in [0, 0.05) is 12.0 Å². The Labute approximate surface area is 159 Å². The van der Waals surface area contributed by atoms with Gasteiger partial charge in [0.2, 0.25) is 0 Å². The van der Waals surface area contributed by atoms with Crippen LogP contribution in [0.2, 0.25) is 4.34 Å². The molecule has 4 nitrogen and oxygen atoms in total. The van der Waals surface area contributed by atoms with Crippen molar-refractivity contribution in [1.82, 2.24) is 0 Å². The number of hydrogen-bond donors (Lipinski definition) is 0. The van der Waals surface area contributed by atoms with Crippen molar-refractivity contribution >= 4 is 51.2 Å². The molecule has 3 rings (SSSR count). The molecule has 132 valence electrons. The lowest BCUT2D eigenvalue weighted by Crippen LogP contribution is -2.15. The maximum atomic E-state index is 12.2. The van der Waals surface area contributed by atoms with Gasteiger partial charge in [0.1, 0.15) is 0 Å². The maximum Gasteiger partial charge on any atom is 0.306 e. The summed E-state index contributed by atoms with van der Waals surface area (Å²) in [6.07, 6.45) is -0.0425. The van der Waals surface area contributed by atoms with Crippen LogP contribution in [0.1, 0.15) is 32.9 Å². The zero-order chi connectivity index (χ0) is 18.5. The number of thiophene rings is 1. The first-order valence-corrected chi connectivity index (χ1v) is 9.18. The Morgan fingerprint density at radius 3 is 2.38 bits per heavy atom. The second-order valence-corrected chi connectivity index (χ2v) is 7.39. The zero-order valence-corrected chi connectivity index (χ0v) is 15.3. The summed E-state index contributed by atoms with van der Waals surface area (Å²) in [5, 5.41) is 1.98. The van der Waals surface area contributed by atoms with Crippen LogP contribution in [0.3, 0.4) is 0 Å².